The van der Waals surface area contributed by atoms with Crippen molar-refractivity contribution in [2.24, 2.45) is 16.6 Å². The number of hydrogen-bond acceptors (Lipinski definition) is 12. The predicted octanol–water partition coefficient (Wildman–Crippen LogP) is 11.7. The highest BCUT2D eigenvalue weighted by Gasteiger charge is 2.47. The third-order valence-electron chi connectivity index (χ3n) is 12.0. The van der Waals surface area contributed by atoms with Crippen LogP contribution in [-0.4, -0.2) is 67.0 Å². The Morgan fingerprint density at radius 3 is 1.30 bits per heavy atom. The monoisotopic (exact) mass is 1060 g/mol. The van der Waals surface area contributed by atoms with Crippen molar-refractivity contribution in [3.8, 4) is 45.8 Å². The molecule has 2 aliphatic rings. The van der Waals surface area contributed by atoms with E-state index in [0.717, 1.165) is 11.4 Å². The standard InChI is InChI=1S/C29H34FN5O3.C26H26F2N4O3.C3H9N/c1-16(2)32-22-14-11-17(15-31-22)21-13-12-19-23(18-9-8-10-20(30)24(18)38-25(19)33-21)29(6,7)26(36)34-27(37)35-28(3,4)5;1-25(2,3)32-24(34)31-23(33)26(4,5)20-15-7-6-8-17(27)21(15)35-22-16(20)10-11-18(30-22)14-9-12-19(28)29-13-14;1-3(2)4/h8-16,23H,1-7H3,(H,31,32)(H2,34,35,36,37);6-13,20H,1-5H3,(H2,31,32,33,34);3H,4H2,1-2H3/t23-;20-;/m00./s1. The van der Waals surface area contributed by atoms with Crippen LogP contribution < -0.4 is 41.8 Å². The maximum absolute atomic E-state index is 15.0. The Kier molecular flexibility index (Phi) is 17.5. The van der Waals surface area contributed by atoms with E-state index in [0.29, 0.717) is 45.2 Å². The Balaban J connectivity index is 0.000000234. The number of nitrogens with zero attached hydrogens (tertiary/aromatic N) is 4. The number of amides is 6. The number of pyridine rings is 4. The number of fused-ring (bicyclic) bond motifs is 4. The molecule has 0 saturated heterocycles. The fourth-order valence-corrected chi connectivity index (χ4v) is 8.62. The van der Waals surface area contributed by atoms with Crippen LogP contribution in [0, 0.1) is 28.4 Å². The van der Waals surface area contributed by atoms with Crippen LogP contribution in [0.3, 0.4) is 0 Å². The number of carbonyl (C=O) groups is 4. The maximum Gasteiger partial charge on any atom is 0.321 e. The van der Waals surface area contributed by atoms with Crippen molar-refractivity contribution in [1.82, 2.24) is 41.2 Å². The minimum absolute atomic E-state index is 0.0178. The summed E-state index contributed by atoms with van der Waals surface area (Å²) in [5.41, 5.74) is 6.19. The maximum atomic E-state index is 15.0. The number of hydrogen-bond donors (Lipinski definition) is 6. The number of urea groups is 2. The molecule has 408 valence electrons. The molecule has 2 atom stereocenters. The lowest BCUT2D eigenvalue weighted by molar-refractivity contribution is -0.129. The zero-order valence-corrected chi connectivity index (χ0v) is 46.0. The second-order valence-corrected chi connectivity index (χ2v) is 22.7. The Morgan fingerprint density at radius 2 is 0.948 bits per heavy atom. The van der Waals surface area contributed by atoms with Crippen LogP contribution in [0.2, 0.25) is 0 Å². The highest BCUT2D eigenvalue weighted by molar-refractivity contribution is 5.99. The van der Waals surface area contributed by atoms with Gasteiger partial charge in [-0.2, -0.15) is 4.39 Å². The highest BCUT2D eigenvalue weighted by Crippen LogP contribution is 2.54. The third-order valence-corrected chi connectivity index (χ3v) is 12.0. The molecule has 16 nitrogen and oxygen atoms in total. The summed E-state index contributed by atoms with van der Waals surface area (Å²) in [5.74, 6) is -3.08. The van der Waals surface area contributed by atoms with Crippen LogP contribution in [-0.2, 0) is 9.59 Å². The van der Waals surface area contributed by atoms with Gasteiger partial charge in [-0.15, -0.1) is 0 Å². The number of para-hydroxylation sites is 2. The van der Waals surface area contributed by atoms with Crippen molar-refractivity contribution >= 4 is 29.7 Å². The first kappa shape index (κ1) is 58.3. The van der Waals surface area contributed by atoms with Gasteiger partial charge in [0.2, 0.25) is 29.5 Å². The zero-order valence-electron chi connectivity index (χ0n) is 46.0. The van der Waals surface area contributed by atoms with E-state index in [1.165, 1.54) is 30.5 Å². The zero-order chi connectivity index (χ0) is 56.9. The molecular formula is C58H69F3N10O6. The number of benzene rings is 2. The van der Waals surface area contributed by atoms with Crippen molar-refractivity contribution in [3.63, 3.8) is 0 Å². The van der Waals surface area contributed by atoms with E-state index >= 15 is 0 Å². The molecule has 0 fully saturated rings. The quantitative estimate of drug-likeness (QED) is 0.0783. The normalized spacial score (nSPS) is 14.5. The summed E-state index contributed by atoms with van der Waals surface area (Å²) in [6.45, 7) is 25.6. The molecule has 7 N–H and O–H groups in total. The van der Waals surface area contributed by atoms with E-state index in [-0.39, 0.29) is 29.3 Å². The van der Waals surface area contributed by atoms with Crippen molar-refractivity contribution in [2.45, 2.75) is 132 Å². The van der Waals surface area contributed by atoms with Crippen molar-refractivity contribution in [1.29, 1.82) is 0 Å². The first-order valence-corrected chi connectivity index (χ1v) is 25.2. The van der Waals surface area contributed by atoms with Gasteiger partial charge in [-0.25, -0.2) is 38.3 Å². The van der Waals surface area contributed by atoms with Gasteiger partial charge in [-0.3, -0.25) is 20.2 Å². The summed E-state index contributed by atoms with van der Waals surface area (Å²) >= 11 is 0. The van der Waals surface area contributed by atoms with Gasteiger partial charge in [0.15, 0.2) is 23.1 Å². The van der Waals surface area contributed by atoms with E-state index in [2.05, 4.69) is 46.5 Å². The van der Waals surface area contributed by atoms with Gasteiger partial charge in [0, 0.05) is 74.7 Å². The average Bonchev–Trinajstić information content (AvgIpc) is 3.33. The number of ether oxygens (including phenoxy) is 2. The number of aromatic nitrogens is 4. The molecule has 0 bridgehead atoms. The molecule has 0 aliphatic carbocycles. The average molecular weight is 1060 g/mol. The molecule has 77 heavy (non-hydrogen) atoms. The van der Waals surface area contributed by atoms with Crippen LogP contribution in [0.1, 0.15) is 131 Å². The fraction of sp³-hybridized carbons (Fsp3) is 0.379. The third kappa shape index (κ3) is 14.3. The van der Waals surface area contributed by atoms with Crippen LogP contribution in [0.4, 0.5) is 28.6 Å². The van der Waals surface area contributed by atoms with Gasteiger partial charge in [-0.1, -0.05) is 77.9 Å². The van der Waals surface area contributed by atoms with E-state index < -0.39 is 75.2 Å². The SMILES string of the molecule is CC(C)(C)NC(=O)NC(=O)C(C)(C)[C@@H]1c2ccc(-c3ccc(F)nc3)nc2Oc2c(F)cccc21.CC(C)N.CC(C)Nc1ccc(-c2ccc3c(n2)Oc2c(F)cccc2[C@@H]3C(C)(C)C(=O)NC(=O)NC(C)(C)C)cn1. The van der Waals surface area contributed by atoms with Crippen LogP contribution >= 0.6 is 0 Å². The van der Waals surface area contributed by atoms with Crippen molar-refractivity contribution in [2.75, 3.05) is 5.32 Å². The number of carbonyl (C=O) groups excluding carboxylic acids is 4. The second kappa shape index (κ2) is 23.1. The smallest absolute Gasteiger partial charge is 0.321 e. The molecule has 8 rings (SSSR count). The number of imide groups is 2. The van der Waals surface area contributed by atoms with Crippen molar-refractivity contribution < 1.29 is 41.8 Å². The molecular weight excluding hydrogens is 990 g/mol. The van der Waals surface area contributed by atoms with Gasteiger partial charge in [-0.05, 0) is 110 Å². The highest BCUT2D eigenvalue weighted by atomic mass is 19.1. The molecule has 6 amide bonds. The summed E-state index contributed by atoms with van der Waals surface area (Å²) in [4.78, 5) is 68.9. The van der Waals surface area contributed by atoms with Gasteiger partial charge in [0.1, 0.15) is 5.82 Å². The number of anilines is 1. The van der Waals surface area contributed by atoms with Gasteiger partial charge >= 0.3 is 12.1 Å². The molecule has 0 spiro atoms. The summed E-state index contributed by atoms with van der Waals surface area (Å²) in [6.07, 6.45) is 3.05. The van der Waals surface area contributed by atoms with Crippen LogP contribution in [0.25, 0.3) is 22.5 Å². The molecule has 0 radical (unpaired) electrons. The molecule has 6 aromatic rings. The van der Waals surface area contributed by atoms with Gasteiger partial charge in [0.05, 0.1) is 22.2 Å². The Labute approximate surface area is 448 Å². The first-order chi connectivity index (χ1) is 35.9. The Morgan fingerprint density at radius 1 is 0.545 bits per heavy atom. The summed E-state index contributed by atoms with van der Waals surface area (Å²) in [7, 11) is 0. The summed E-state index contributed by atoms with van der Waals surface area (Å²) in [5, 5.41) is 13.5. The number of halogens is 3. The van der Waals surface area contributed by atoms with E-state index in [9.17, 15) is 32.3 Å². The fourth-order valence-electron chi connectivity index (χ4n) is 8.62. The molecule has 2 aromatic carbocycles. The predicted molar refractivity (Wildman–Crippen MR) is 290 cm³/mol. The van der Waals surface area contributed by atoms with E-state index in [1.54, 1.807) is 91.1 Å². The van der Waals surface area contributed by atoms with Crippen LogP contribution in [0.5, 0.6) is 23.3 Å². The van der Waals surface area contributed by atoms with E-state index in [4.69, 9.17) is 15.2 Å². The Hall–Kier alpha value is -7.93. The van der Waals surface area contributed by atoms with Gasteiger partial charge < -0.3 is 31.2 Å². The first-order valence-electron chi connectivity index (χ1n) is 25.2. The summed E-state index contributed by atoms with van der Waals surface area (Å²) < 4.78 is 54.9. The Bertz CT molecular complexity index is 3130. The lowest BCUT2D eigenvalue weighted by Crippen LogP contribution is -2.52. The number of rotatable bonds is 8. The molecule has 0 unspecified atom stereocenters. The minimum Gasteiger partial charge on any atom is -0.435 e. The lowest BCUT2D eigenvalue weighted by Gasteiger charge is -2.37. The van der Waals surface area contributed by atoms with Crippen molar-refractivity contribution in [3.05, 3.63) is 137 Å². The number of nitrogens with two attached hydrogens (primary N) is 1. The topological polar surface area (TPSA) is 224 Å². The molecule has 19 heteroatoms. The van der Waals surface area contributed by atoms with Gasteiger partial charge in [0.25, 0.3) is 0 Å². The molecule has 4 aromatic heterocycles. The minimum atomic E-state index is -1.20. The molecule has 0 saturated carbocycles. The lowest BCUT2D eigenvalue weighted by atomic mass is 9.69. The van der Waals surface area contributed by atoms with E-state index in [1.807, 2.05) is 72.7 Å². The summed E-state index contributed by atoms with van der Waals surface area (Å²) in [6, 6.07) is 22.1. The molecule has 2 aliphatic heterocycles. The molecule has 6 heterocycles. The largest absolute Gasteiger partial charge is 0.435 e. The second-order valence-electron chi connectivity index (χ2n) is 22.7. The van der Waals surface area contributed by atoms with Crippen LogP contribution in [0.15, 0.2) is 97.3 Å². The number of nitrogens with one attached hydrogen (secondary N) is 5.